The Balaban J connectivity index is 1.88. The van der Waals surface area contributed by atoms with Gasteiger partial charge in [0.1, 0.15) is 6.61 Å². The van der Waals surface area contributed by atoms with Crippen LogP contribution in [0.3, 0.4) is 0 Å². The number of hydrogen-bond donors (Lipinski definition) is 3. The van der Waals surface area contributed by atoms with E-state index >= 15 is 0 Å². The monoisotopic (exact) mass is 391 g/mol. The van der Waals surface area contributed by atoms with Gasteiger partial charge in [-0.25, -0.2) is 4.79 Å². The normalized spacial score (nSPS) is 10.2. The minimum atomic E-state index is -0.438. The number of carbonyl (C=O) groups is 3. The van der Waals surface area contributed by atoms with E-state index in [4.69, 9.17) is 4.74 Å². The fourth-order valence-electron chi connectivity index (χ4n) is 2.56. The third kappa shape index (κ3) is 13.6. The van der Waals surface area contributed by atoms with Crippen molar-refractivity contribution in [2.45, 2.75) is 58.5 Å². The maximum atomic E-state index is 11.7. The number of ether oxygens (including phenoxy) is 1. The van der Waals surface area contributed by atoms with Crippen molar-refractivity contribution in [3.05, 3.63) is 35.9 Å². The van der Waals surface area contributed by atoms with Crippen LogP contribution in [-0.4, -0.2) is 37.5 Å². The second-order valence-electron chi connectivity index (χ2n) is 6.69. The van der Waals surface area contributed by atoms with E-state index in [0.717, 1.165) is 50.6 Å². The Bertz CT molecular complexity index is 578. The van der Waals surface area contributed by atoms with Crippen LogP contribution in [-0.2, 0) is 20.9 Å². The molecule has 7 heteroatoms. The van der Waals surface area contributed by atoms with E-state index in [0.29, 0.717) is 19.5 Å². The van der Waals surface area contributed by atoms with Crippen molar-refractivity contribution < 1.29 is 19.1 Å². The van der Waals surface area contributed by atoms with Gasteiger partial charge in [0.05, 0.1) is 0 Å². The van der Waals surface area contributed by atoms with Crippen molar-refractivity contribution in [1.29, 1.82) is 0 Å². The van der Waals surface area contributed by atoms with Gasteiger partial charge in [-0.1, -0.05) is 43.2 Å². The van der Waals surface area contributed by atoms with Crippen molar-refractivity contribution in [1.82, 2.24) is 16.0 Å². The number of carbonyl (C=O) groups excluding carboxylic acids is 3. The molecule has 156 valence electrons. The molecule has 0 bridgehead atoms. The number of hydrogen-bond acceptors (Lipinski definition) is 4. The van der Waals surface area contributed by atoms with Gasteiger partial charge >= 0.3 is 6.09 Å². The predicted octanol–water partition coefficient (Wildman–Crippen LogP) is 2.90. The lowest BCUT2D eigenvalue weighted by Gasteiger charge is -2.08. The van der Waals surface area contributed by atoms with Crippen LogP contribution in [0.2, 0.25) is 0 Å². The summed E-state index contributed by atoms with van der Waals surface area (Å²) in [5.74, 6) is 0.0523. The highest BCUT2D eigenvalue weighted by Crippen LogP contribution is 2.01. The highest BCUT2D eigenvalue weighted by Gasteiger charge is 2.03. The Morgan fingerprint density at radius 1 is 0.786 bits per heavy atom. The van der Waals surface area contributed by atoms with Crippen LogP contribution in [0.15, 0.2) is 30.3 Å². The molecule has 0 radical (unpaired) electrons. The highest BCUT2D eigenvalue weighted by molar-refractivity contribution is 5.75. The van der Waals surface area contributed by atoms with Gasteiger partial charge in [0.15, 0.2) is 0 Å². The fourth-order valence-corrected chi connectivity index (χ4v) is 2.56. The standard InChI is InChI=1S/C21H33N3O4/c1-18(25)22-14-8-2-3-9-15-23-20(26)13-7-10-16-24-21(27)28-17-19-11-5-4-6-12-19/h4-6,11-12H,2-3,7-10,13-17H2,1H3,(H,22,25)(H,23,26)(H,24,27). The van der Waals surface area contributed by atoms with E-state index in [1.807, 2.05) is 30.3 Å². The summed E-state index contributed by atoms with van der Waals surface area (Å²) in [7, 11) is 0. The molecule has 1 aromatic rings. The Hall–Kier alpha value is -2.57. The first kappa shape index (κ1) is 23.5. The number of nitrogens with one attached hydrogen (secondary N) is 3. The van der Waals surface area contributed by atoms with E-state index < -0.39 is 6.09 Å². The maximum Gasteiger partial charge on any atom is 0.407 e. The molecule has 3 amide bonds. The third-order valence-corrected chi connectivity index (χ3v) is 4.11. The van der Waals surface area contributed by atoms with Gasteiger partial charge in [0, 0.05) is 33.0 Å². The lowest BCUT2D eigenvalue weighted by atomic mass is 10.2. The smallest absolute Gasteiger partial charge is 0.407 e. The third-order valence-electron chi connectivity index (χ3n) is 4.11. The van der Waals surface area contributed by atoms with Crippen molar-refractivity contribution >= 4 is 17.9 Å². The summed E-state index contributed by atoms with van der Waals surface area (Å²) in [6.45, 7) is 3.67. The average molecular weight is 392 g/mol. The lowest BCUT2D eigenvalue weighted by Crippen LogP contribution is -2.26. The molecule has 1 rings (SSSR count). The van der Waals surface area contributed by atoms with Crippen LogP contribution in [0.4, 0.5) is 4.79 Å². The Morgan fingerprint density at radius 2 is 1.39 bits per heavy atom. The number of benzene rings is 1. The zero-order valence-electron chi connectivity index (χ0n) is 16.8. The molecular weight excluding hydrogens is 358 g/mol. The molecule has 0 aliphatic heterocycles. The zero-order chi connectivity index (χ0) is 20.5. The van der Waals surface area contributed by atoms with Crippen LogP contribution in [0.5, 0.6) is 0 Å². The topological polar surface area (TPSA) is 96.5 Å². The van der Waals surface area contributed by atoms with Gasteiger partial charge in [-0.3, -0.25) is 9.59 Å². The Labute approximate surface area is 167 Å². The molecule has 0 aromatic heterocycles. The largest absolute Gasteiger partial charge is 0.445 e. The molecule has 0 aliphatic rings. The lowest BCUT2D eigenvalue weighted by molar-refractivity contribution is -0.121. The van der Waals surface area contributed by atoms with Gasteiger partial charge in [0.25, 0.3) is 0 Å². The molecule has 0 fully saturated rings. The van der Waals surface area contributed by atoms with Crippen LogP contribution >= 0.6 is 0 Å². The van der Waals surface area contributed by atoms with Gasteiger partial charge in [0.2, 0.25) is 11.8 Å². The van der Waals surface area contributed by atoms with Gasteiger partial charge in [-0.2, -0.15) is 0 Å². The second kappa shape index (κ2) is 15.5. The summed E-state index contributed by atoms with van der Waals surface area (Å²) in [5.41, 5.74) is 0.946. The van der Waals surface area contributed by atoms with Crippen molar-refractivity contribution in [3.63, 3.8) is 0 Å². The van der Waals surface area contributed by atoms with E-state index in [2.05, 4.69) is 16.0 Å². The SMILES string of the molecule is CC(=O)NCCCCCCNC(=O)CCCCNC(=O)OCc1ccccc1. The average Bonchev–Trinajstić information content (AvgIpc) is 2.68. The first-order chi connectivity index (χ1) is 13.6. The Morgan fingerprint density at radius 3 is 2.07 bits per heavy atom. The molecular formula is C21H33N3O4. The molecule has 0 unspecified atom stereocenters. The summed E-state index contributed by atoms with van der Waals surface area (Å²) in [6.07, 6.45) is 5.47. The predicted molar refractivity (Wildman–Crippen MR) is 109 cm³/mol. The van der Waals surface area contributed by atoms with Crippen molar-refractivity contribution in [2.75, 3.05) is 19.6 Å². The van der Waals surface area contributed by atoms with Crippen LogP contribution < -0.4 is 16.0 Å². The number of rotatable bonds is 14. The van der Waals surface area contributed by atoms with E-state index in [9.17, 15) is 14.4 Å². The quantitative estimate of drug-likeness (QED) is 0.425. The van der Waals surface area contributed by atoms with E-state index in [-0.39, 0.29) is 18.4 Å². The molecule has 0 aliphatic carbocycles. The molecule has 1 aromatic carbocycles. The number of amides is 3. The molecule has 0 heterocycles. The van der Waals surface area contributed by atoms with Gasteiger partial charge in [-0.15, -0.1) is 0 Å². The minimum Gasteiger partial charge on any atom is -0.445 e. The van der Waals surface area contributed by atoms with Crippen molar-refractivity contribution in [3.8, 4) is 0 Å². The zero-order valence-corrected chi connectivity index (χ0v) is 16.8. The minimum absolute atomic E-state index is 0.00606. The van der Waals surface area contributed by atoms with E-state index in [1.165, 1.54) is 6.92 Å². The molecule has 28 heavy (non-hydrogen) atoms. The molecule has 7 nitrogen and oxygen atoms in total. The van der Waals surface area contributed by atoms with Gasteiger partial charge in [-0.05, 0) is 31.2 Å². The highest BCUT2D eigenvalue weighted by atomic mass is 16.5. The summed E-state index contributed by atoms with van der Waals surface area (Å²) >= 11 is 0. The van der Waals surface area contributed by atoms with Crippen LogP contribution in [0.25, 0.3) is 0 Å². The number of unbranched alkanes of at least 4 members (excludes halogenated alkanes) is 4. The Kier molecular flexibility index (Phi) is 13.0. The first-order valence-electron chi connectivity index (χ1n) is 10.0. The molecule has 0 saturated heterocycles. The molecule has 0 atom stereocenters. The summed E-state index contributed by atoms with van der Waals surface area (Å²) in [5, 5.41) is 8.37. The summed E-state index contributed by atoms with van der Waals surface area (Å²) in [4.78, 5) is 34.0. The van der Waals surface area contributed by atoms with Crippen LogP contribution in [0, 0.1) is 0 Å². The maximum absolute atomic E-state index is 11.7. The van der Waals surface area contributed by atoms with E-state index in [1.54, 1.807) is 0 Å². The summed E-state index contributed by atoms with van der Waals surface area (Å²) < 4.78 is 5.12. The fraction of sp³-hybridized carbons (Fsp3) is 0.571. The summed E-state index contributed by atoms with van der Waals surface area (Å²) in [6, 6.07) is 9.51. The van der Waals surface area contributed by atoms with Crippen LogP contribution in [0.1, 0.15) is 57.4 Å². The van der Waals surface area contributed by atoms with Crippen molar-refractivity contribution in [2.24, 2.45) is 0 Å². The molecule has 0 spiro atoms. The molecule has 3 N–H and O–H groups in total. The molecule has 0 saturated carbocycles. The second-order valence-corrected chi connectivity index (χ2v) is 6.69. The first-order valence-corrected chi connectivity index (χ1v) is 10.0. The number of alkyl carbamates (subject to hydrolysis) is 1. The van der Waals surface area contributed by atoms with Gasteiger partial charge < -0.3 is 20.7 Å².